The average molecular weight is 355 g/mol. The Labute approximate surface area is 119 Å². The molecule has 5 nitrogen and oxygen atoms in total. The first-order valence-electron chi connectivity index (χ1n) is 5.47. The molecule has 102 valence electrons. The zero-order valence-corrected chi connectivity index (χ0v) is 13.3. The van der Waals surface area contributed by atoms with Crippen molar-refractivity contribution in [3.8, 4) is 0 Å². The number of aliphatic hydroxyl groups excluding tert-OH is 1. The van der Waals surface area contributed by atoms with Crippen LogP contribution in [0.15, 0.2) is 14.7 Å². The highest BCUT2D eigenvalue weighted by Crippen LogP contribution is 2.32. The fraction of sp³-hybridized carbons (Fsp3) is 0.600. The molecule has 0 aromatic carbocycles. The zero-order chi connectivity index (χ0) is 13.5. The number of hydrogen-bond donors (Lipinski definition) is 2. The third kappa shape index (κ3) is 2.50. The van der Waals surface area contributed by atoms with E-state index in [1.807, 2.05) is 0 Å². The summed E-state index contributed by atoms with van der Waals surface area (Å²) in [5.74, 6) is 0. The van der Waals surface area contributed by atoms with Crippen molar-refractivity contribution in [2.24, 2.45) is 0 Å². The molecule has 1 aromatic heterocycles. The first kappa shape index (κ1) is 14.4. The number of hydrogen-bond acceptors (Lipinski definition) is 5. The van der Waals surface area contributed by atoms with E-state index in [2.05, 4.69) is 21.2 Å². The zero-order valence-electron chi connectivity index (χ0n) is 10.1. The Balaban J connectivity index is 2.34. The Morgan fingerprint density at radius 2 is 2.22 bits per heavy atom. The second-order valence-electron chi connectivity index (χ2n) is 4.29. The number of likely N-dealkylation sites (N-methyl/N-ethyl adjacent to an activating group) is 1. The smallest absolute Gasteiger partial charge is 0.244 e. The van der Waals surface area contributed by atoms with Crippen molar-refractivity contribution < 1.29 is 13.5 Å². The molecule has 1 fully saturated rings. The lowest BCUT2D eigenvalue weighted by Crippen LogP contribution is -2.44. The van der Waals surface area contributed by atoms with Crippen molar-refractivity contribution in [1.29, 1.82) is 0 Å². The molecule has 0 spiro atoms. The lowest BCUT2D eigenvalue weighted by molar-refractivity contribution is 0.136. The minimum absolute atomic E-state index is 0.306. The Bertz CT molecular complexity index is 543. The SMILES string of the molecule is Cc1sc(Br)cc1S(=O)(=O)N(C)[C@@H]1CNC[C@H]1O. The summed E-state index contributed by atoms with van der Waals surface area (Å²) >= 11 is 4.68. The van der Waals surface area contributed by atoms with E-state index in [4.69, 9.17) is 0 Å². The molecule has 2 N–H and O–H groups in total. The van der Waals surface area contributed by atoms with Gasteiger partial charge < -0.3 is 10.4 Å². The van der Waals surface area contributed by atoms with Crippen molar-refractivity contribution in [1.82, 2.24) is 9.62 Å². The Kier molecular flexibility index (Phi) is 4.15. The van der Waals surface area contributed by atoms with Crippen LogP contribution in [0.4, 0.5) is 0 Å². The van der Waals surface area contributed by atoms with Gasteiger partial charge in [-0.1, -0.05) is 0 Å². The van der Waals surface area contributed by atoms with Crippen molar-refractivity contribution in [3.63, 3.8) is 0 Å². The molecule has 1 aliphatic rings. The third-order valence-corrected chi connectivity index (χ3v) is 6.81. The Morgan fingerprint density at radius 1 is 1.56 bits per heavy atom. The molecule has 0 radical (unpaired) electrons. The normalized spacial score (nSPS) is 24.9. The number of thiophene rings is 1. The molecule has 8 heteroatoms. The van der Waals surface area contributed by atoms with Gasteiger partial charge >= 0.3 is 0 Å². The van der Waals surface area contributed by atoms with E-state index in [1.165, 1.54) is 22.7 Å². The molecular weight excluding hydrogens is 340 g/mol. The molecule has 1 saturated heterocycles. The monoisotopic (exact) mass is 354 g/mol. The van der Waals surface area contributed by atoms with Gasteiger partial charge in [-0.25, -0.2) is 8.42 Å². The molecule has 0 bridgehead atoms. The predicted molar refractivity (Wildman–Crippen MR) is 74.4 cm³/mol. The molecule has 1 aromatic rings. The van der Waals surface area contributed by atoms with E-state index < -0.39 is 22.2 Å². The number of nitrogens with zero attached hydrogens (tertiary/aromatic N) is 1. The van der Waals surface area contributed by atoms with E-state index in [9.17, 15) is 13.5 Å². The van der Waals surface area contributed by atoms with Gasteiger partial charge in [-0.3, -0.25) is 0 Å². The number of aliphatic hydroxyl groups is 1. The molecule has 18 heavy (non-hydrogen) atoms. The number of nitrogens with one attached hydrogen (secondary N) is 1. The van der Waals surface area contributed by atoms with Crippen LogP contribution in [0.1, 0.15) is 4.88 Å². The van der Waals surface area contributed by atoms with Crippen LogP contribution < -0.4 is 5.32 Å². The van der Waals surface area contributed by atoms with Crippen LogP contribution in [-0.2, 0) is 10.0 Å². The van der Waals surface area contributed by atoms with E-state index in [0.717, 1.165) is 8.66 Å². The highest BCUT2D eigenvalue weighted by atomic mass is 79.9. The second kappa shape index (κ2) is 5.18. The molecule has 2 heterocycles. The van der Waals surface area contributed by atoms with Gasteiger partial charge in [-0.2, -0.15) is 4.31 Å². The largest absolute Gasteiger partial charge is 0.390 e. The number of halogens is 1. The lowest BCUT2D eigenvalue weighted by atomic mass is 10.2. The summed E-state index contributed by atoms with van der Waals surface area (Å²) in [7, 11) is -2.04. The summed E-state index contributed by atoms with van der Waals surface area (Å²) < 4.78 is 27.0. The fourth-order valence-electron chi connectivity index (χ4n) is 2.04. The van der Waals surface area contributed by atoms with Gasteiger partial charge in [0, 0.05) is 25.0 Å². The maximum absolute atomic E-state index is 12.5. The van der Waals surface area contributed by atoms with Crippen molar-refractivity contribution >= 4 is 37.3 Å². The van der Waals surface area contributed by atoms with Gasteiger partial charge in [0.2, 0.25) is 10.0 Å². The summed E-state index contributed by atoms with van der Waals surface area (Å²) in [5.41, 5.74) is 0. The fourth-order valence-corrected chi connectivity index (χ4v) is 5.81. The van der Waals surface area contributed by atoms with E-state index in [1.54, 1.807) is 13.0 Å². The predicted octanol–water partition coefficient (Wildman–Crippen LogP) is 0.772. The van der Waals surface area contributed by atoms with E-state index >= 15 is 0 Å². The van der Waals surface area contributed by atoms with Crippen LogP contribution in [0.3, 0.4) is 0 Å². The number of sulfonamides is 1. The van der Waals surface area contributed by atoms with Crippen molar-refractivity contribution in [2.45, 2.75) is 24.0 Å². The van der Waals surface area contributed by atoms with Gasteiger partial charge in [0.1, 0.15) is 0 Å². The van der Waals surface area contributed by atoms with Gasteiger partial charge in [0.15, 0.2) is 0 Å². The highest BCUT2D eigenvalue weighted by molar-refractivity contribution is 9.11. The minimum atomic E-state index is -3.55. The molecular formula is C10H15BrN2O3S2. The van der Waals surface area contributed by atoms with Crippen molar-refractivity contribution in [3.05, 3.63) is 14.7 Å². The summed E-state index contributed by atoms with van der Waals surface area (Å²) in [4.78, 5) is 1.05. The van der Waals surface area contributed by atoms with Crippen LogP contribution in [0, 0.1) is 6.92 Å². The minimum Gasteiger partial charge on any atom is -0.390 e. The Morgan fingerprint density at radius 3 is 2.67 bits per heavy atom. The summed E-state index contributed by atoms with van der Waals surface area (Å²) in [6.07, 6.45) is -0.660. The standard InChI is InChI=1S/C10H15BrN2O3S2/c1-6-9(3-10(11)17-6)18(15,16)13(2)7-4-12-5-8(7)14/h3,7-8,12,14H,4-5H2,1-2H3/t7-,8-/m1/s1. The maximum Gasteiger partial charge on any atom is 0.244 e. The highest BCUT2D eigenvalue weighted by Gasteiger charge is 2.36. The summed E-state index contributed by atoms with van der Waals surface area (Å²) in [6, 6.07) is 1.20. The lowest BCUT2D eigenvalue weighted by Gasteiger charge is -2.25. The third-order valence-electron chi connectivity index (χ3n) is 3.12. The molecule has 0 saturated carbocycles. The van der Waals surface area contributed by atoms with Gasteiger partial charge in [-0.15, -0.1) is 11.3 Å². The second-order valence-corrected chi connectivity index (χ2v) is 8.89. The topological polar surface area (TPSA) is 69.6 Å². The van der Waals surface area contributed by atoms with Crippen LogP contribution in [0.25, 0.3) is 0 Å². The van der Waals surface area contributed by atoms with Crippen molar-refractivity contribution in [2.75, 3.05) is 20.1 Å². The van der Waals surface area contributed by atoms with Crippen LogP contribution in [0.2, 0.25) is 0 Å². The molecule has 0 amide bonds. The first-order valence-corrected chi connectivity index (χ1v) is 8.51. The molecule has 0 aliphatic carbocycles. The van der Waals surface area contributed by atoms with Crippen LogP contribution >= 0.6 is 27.3 Å². The summed E-state index contributed by atoms with van der Waals surface area (Å²) in [5, 5.41) is 12.8. The van der Waals surface area contributed by atoms with Gasteiger partial charge in [-0.05, 0) is 28.9 Å². The molecule has 0 unspecified atom stereocenters. The average Bonchev–Trinajstić information content (AvgIpc) is 2.83. The van der Waals surface area contributed by atoms with Gasteiger partial charge in [0.25, 0.3) is 0 Å². The quantitative estimate of drug-likeness (QED) is 0.841. The Hall–Kier alpha value is 0.01000. The molecule has 1 aliphatic heterocycles. The molecule has 2 rings (SSSR count). The first-order chi connectivity index (χ1) is 8.34. The maximum atomic E-state index is 12.5. The number of rotatable bonds is 3. The molecule has 2 atom stereocenters. The van der Waals surface area contributed by atoms with Crippen LogP contribution in [-0.4, -0.2) is 50.1 Å². The summed E-state index contributed by atoms with van der Waals surface area (Å²) in [6.45, 7) is 2.68. The number of β-amino-alcohol motifs (C(OH)–C–C–N with tert-alkyl or cyclic N) is 1. The van der Waals surface area contributed by atoms with Gasteiger partial charge in [0.05, 0.1) is 20.8 Å². The van der Waals surface area contributed by atoms with E-state index in [-0.39, 0.29) is 0 Å². The number of aryl methyl sites for hydroxylation is 1. The van der Waals surface area contributed by atoms with Crippen LogP contribution in [0.5, 0.6) is 0 Å². The van der Waals surface area contributed by atoms with E-state index in [0.29, 0.717) is 18.0 Å².